The molecule has 0 amide bonds. The molecule has 0 heterocycles. The minimum atomic E-state index is -0.847. The van der Waals surface area contributed by atoms with Crippen LogP contribution in [0.5, 0.6) is 0 Å². The van der Waals surface area contributed by atoms with Gasteiger partial charge in [0.25, 0.3) is 0 Å². The smallest absolute Gasteiger partial charge is 0.0620 e. The Labute approximate surface area is 226 Å². The van der Waals surface area contributed by atoms with Crippen molar-refractivity contribution in [2.75, 3.05) is 5.90 Å². The van der Waals surface area contributed by atoms with Crippen LogP contribution in [-0.2, 0) is 36.0 Å². The van der Waals surface area contributed by atoms with Crippen molar-refractivity contribution >= 4 is 37.1 Å². The first kappa shape index (κ1) is 35.4. The zero-order valence-electron chi connectivity index (χ0n) is 19.3. The Morgan fingerprint density at radius 3 is 0.694 bits per heavy atom. The van der Waals surface area contributed by atoms with E-state index in [-0.39, 0.29) is 17.4 Å². The monoisotopic (exact) mass is 550 g/mol. The molecule has 0 spiro atoms. The van der Waals surface area contributed by atoms with E-state index in [0.29, 0.717) is 0 Å². The van der Waals surface area contributed by atoms with E-state index in [9.17, 15) is 0 Å². The van der Waals surface area contributed by atoms with Crippen LogP contribution in [0.2, 0.25) is 0 Å². The molecule has 36 heavy (non-hydrogen) atoms. The van der Waals surface area contributed by atoms with E-state index in [1.807, 2.05) is 0 Å². The molecule has 0 unspecified atom stereocenters. The quantitative estimate of drug-likeness (QED) is 0.192. The molecule has 0 N–H and O–H groups in total. The largest absolute Gasteiger partial charge is 0.174 e. The number of hydrogen-bond acceptors (Lipinski definition) is 0. The SMILES string of the molecule is [C-]#[O+].[C-]#[O+].[C-]#[O+].[C-]#[O+].[Cr].c1ccc([PH+](C[PH+](c2ccccc2)c2ccccc2)c2ccccc2)cc1. The molecule has 0 atom stereocenters. The first-order chi connectivity index (χ1) is 17.4. The fraction of sp³-hybridized carbons (Fsp3) is 0.0345. The summed E-state index contributed by atoms with van der Waals surface area (Å²) >= 11 is 0. The van der Waals surface area contributed by atoms with Crippen molar-refractivity contribution in [2.45, 2.75) is 0 Å². The predicted molar refractivity (Wildman–Crippen MR) is 142 cm³/mol. The van der Waals surface area contributed by atoms with Gasteiger partial charge in [0.05, 0.1) is 0 Å². The van der Waals surface area contributed by atoms with Crippen molar-refractivity contribution < 1.29 is 36.0 Å². The third kappa shape index (κ3) is 11.8. The molecule has 0 saturated carbocycles. The van der Waals surface area contributed by atoms with Crippen LogP contribution in [0.4, 0.5) is 0 Å². The molecule has 0 aromatic heterocycles. The molecular formula is C29H24CrO4P2+2. The Morgan fingerprint density at radius 1 is 0.361 bits per heavy atom. The number of hydrogen-bond donors (Lipinski definition) is 0. The normalized spacial score (nSPS) is 8.50. The summed E-state index contributed by atoms with van der Waals surface area (Å²) in [5, 5.41) is 6.01. The summed E-state index contributed by atoms with van der Waals surface area (Å²) in [5.74, 6) is 1.25. The Morgan fingerprint density at radius 2 is 0.528 bits per heavy atom. The van der Waals surface area contributed by atoms with Gasteiger partial charge in [-0.1, -0.05) is 72.8 Å². The standard InChI is InChI=1S/C25H22P2.4CO.Cr/c1-5-13-22(14-6-1)26(23-15-7-2-8-16-23)21-27(24-17-9-3-10-18-24)25-19-11-4-12-20-25;4*1-2;/h1-20H,21H2;;;;;/p+2. The van der Waals surface area contributed by atoms with Crippen LogP contribution >= 0.6 is 15.8 Å². The molecule has 0 bridgehead atoms. The molecule has 4 aromatic rings. The van der Waals surface area contributed by atoms with Crippen LogP contribution < -0.4 is 21.2 Å². The zero-order valence-corrected chi connectivity index (χ0v) is 22.6. The summed E-state index contributed by atoms with van der Waals surface area (Å²) in [6, 6.07) is 44.5. The van der Waals surface area contributed by atoms with Crippen molar-refractivity contribution in [1.82, 2.24) is 0 Å². The third-order valence-electron chi connectivity index (χ3n) is 4.84. The van der Waals surface area contributed by atoms with Gasteiger partial charge < -0.3 is 0 Å². The minimum Gasteiger partial charge on any atom is -0.0620 e. The van der Waals surface area contributed by atoms with Crippen molar-refractivity contribution in [3.8, 4) is 0 Å². The van der Waals surface area contributed by atoms with Gasteiger partial charge in [-0.3, -0.25) is 0 Å². The van der Waals surface area contributed by atoms with Gasteiger partial charge >= 0.3 is 45.2 Å². The molecule has 0 aliphatic rings. The van der Waals surface area contributed by atoms with Crippen molar-refractivity contribution in [3.05, 3.63) is 148 Å². The van der Waals surface area contributed by atoms with Gasteiger partial charge in [-0.2, -0.15) is 0 Å². The summed E-state index contributed by atoms with van der Waals surface area (Å²) in [6.07, 6.45) is 0. The third-order valence-corrected chi connectivity index (χ3v) is 11.8. The molecule has 4 rings (SSSR count). The second-order valence-corrected chi connectivity index (χ2v) is 12.2. The average Bonchev–Trinajstić information content (AvgIpc) is 3.00. The van der Waals surface area contributed by atoms with Gasteiger partial charge in [0.2, 0.25) is 0 Å². The molecule has 0 aliphatic heterocycles. The summed E-state index contributed by atoms with van der Waals surface area (Å²) in [4.78, 5) is 0. The van der Waals surface area contributed by atoms with Gasteiger partial charge in [-0.15, -0.1) is 0 Å². The predicted octanol–water partition coefficient (Wildman–Crippen LogP) is 4.52. The summed E-state index contributed by atoms with van der Waals surface area (Å²) in [6.45, 7) is 18.0. The van der Waals surface area contributed by atoms with Crippen LogP contribution in [0.1, 0.15) is 0 Å². The fourth-order valence-electron chi connectivity index (χ4n) is 3.48. The van der Waals surface area contributed by atoms with E-state index in [2.05, 4.69) is 148 Å². The van der Waals surface area contributed by atoms with Gasteiger partial charge in [0.1, 0.15) is 37.1 Å². The summed E-state index contributed by atoms with van der Waals surface area (Å²) in [5.41, 5.74) is 0. The Balaban J connectivity index is 0. The van der Waals surface area contributed by atoms with E-state index in [1.54, 1.807) is 0 Å². The van der Waals surface area contributed by atoms with Gasteiger partial charge in [-0.05, 0) is 48.5 Å². The Kier molecular flexibility index (Phi) is 23.5. The van der Waals surface area contributed by atoms with Crippen LogP contribution in [-0.4, -0.2) is 5.90 Å². The molecule has 0 fully saturated rings. The molecular weight excluding hydrogens is 526 g/mol. The molecule has 7 heteroatoms. The maximum Gasteiger partial charge on any atom is 0.174 e. The molecule has 4 nitrogen and oxygen atoms in total. The molecule has 4 aromatic carbocycles. The summed E-state index contributed by atoms with van der Waals surface area (Å²) in [7, 11) is -1.69. The number of rotatable bonds is 6. The van der Waals surface area contributed by atoms with E-state index >= 15 is 0 Å². The first-order valence-corrected chi connectivity index (χ1v) is 13.6. The molecule has 0 aliphatic carbocycles. The second kappa shape index (κ2) is 24.0. The van der Waals surface area contributed by atoms with E-state index in [4.69, 9.17) is 18.6 Å². The van der Waals surface area contributed by atoms with Crippen LogP contribution in [0, 0.1) is 26.6 Å². The van der Waals surface area contributed by atoms with E-state index in [0.717, 1.165) is 0 Å². The Hall–Kier alpha value is -2.77. The summed E-state index contributed by atoms with van der Waals surface area (Å²) < 4.78 is 30.0. The fourth-order valence-corrected chi connectivity index (χ4v) is 11.2. The first-order valence-electron chi connectivity index (χ1n) is 10.2. The average molecular weight is 550 g/mol. The maximum atomic E-state index is 7.50. The Bertz CT molecular complexity index is 950. The van der Waals surface area contributed by atoms with E-state index in [1.165, 1.54) is 27.1 Å². The molecule has 0 saturated heterocycles. The van der Waals surface area contributed by atoms with Crippen LogP contribution in [0.25, 0.3) is 0 Å². The van der Waals surface area contributed by atoms with Gasteiger partial charge in [0.15, 0.2) is 5.90 Å². The van der Waals surface area contributed by atoms with Crippen LogP contribution in [0.15, 0.2) is 121 Å². The molecule has 0 radical (unpaired) electrons. The van der Waals surface area contributed by atoms with Crippen molar-refractivity contribution in [2.24, 2.45) is 0 Å². The minimum absolute atomic E-state index is 0. The topological polar surface area (TPSA) is 79.6 Å². The zero-order chi connectivity index (χ0) is 26.3. The van der Waals surface area contributed by atoms with Gasteiger partial charge in [0, 0.05) is 17.4 Å². The molecule has 178 valence electrons. The second-order valence-electron chi connectivity index (χ2n) is 6.60. The van der Waals surface area contributed by atoms with Crippen molar-refractivity contribution in [1.29, 1.82) is 0 Å². The van der Waals surface area contributed by atoms with Gasteiger partial charge in [-0.25, -0.2) is 0 Å². The van der Waals surface area contributed by atoms with E-state index < -0.39 is 15.8 Å². The van der Waals surface area contributed by atoms with Crippen molar-refractivity contribution in [3.63, 3.8) is 0 Å². The maximum absolute atomic E-state index is 7.50. The van der Waals surface area contributed by atoms with Crippen LogP contribution in [0.3, 0.4) is 0 Å². The number of benzene rings is 4.